The molecule has 4 aromatic rings. The molecule has 0 aliphatic carbocycles. The first-order chi connectivity index (χ1) is 19.3. The summed E-state index contributed by atoms with van der Waals surface area (Å²) in [5.74, 6) is 0.143. The number of alkyl halides is 3. The average molecular weight is 568 g/mol. The predicted octanol–water partition coefficient (Wildman–Crippen LogP) is 5.15. The molecule has 0 atom stereocenters. The number of nitrogens with zero attached hydrogens (tertiary/aromatic N) is 6. The highest BCUT2D eigenvalue weighted by Gasteiger charge is 2.33. The number of morpholine rings is 1. The van der Waals surface area contributed by atoms with E-state index in [-0.39, 0.29) is 12.0 Å². The van der Waals surface area contributed by atoms with Crippen molar-refractivity contribution >= 4 is 39.8 Å². The molecule has 206 valence electrons. The molecule has 0 bridgehead atoms. The highest BCUT2D eigenvalue weighted by molar-refractivity contribution is 7.19. The third-order valence-electron chi connectivity index (χ3n) is 6.75. The number of ether oxygens (including phenoxy) is 1. The predicted molar refractivity (Wildman–Crippen MR) is 148 cm³/mol. The van der Waals surface area contributed by atoms with Crippen LogP contribution in [0.5, 0.6) is 0 Å². The van der Waals surface area contributed by atoms with Crippen LogP contribution in [-0.4, -0.2) is 60.4 Å². The number of nitrogens with two attached hydrogens (primary N) is 1. The van der Waals surface area contributed by atoms with Crippen LogP contribution in [0.3, 0.4) is 0 Å². The highest BCUT2D eigenvalue weighted by Crippen LogP contribution is 2.41. The van der Waals surface area contributed by atoms with Crippen LogP contribution in [0, 0.1) is 0 Å². The monoisotopic (exact) mass is 567 g/mol. The van der Waals surface area contributed by atoms with E-state index >= 15 is 0 Å². The van der Waals surface area contributed by atoms with Gasteiger partial charge in [0.25, 0.3) is 0 Å². The van der Waals surface area contributed by atoms with Crippen molar-refractivity contribution in [3.05, 3.63) is 66.4 Å². The van der Waals surface area contributed by atoms with Gasteiger partial charge in [0.2, 0.25) is 5.95 Å². The topological polar surface area (TPSA) is 101 Å². The lowest BCUT2D eigenvalue weighted by molar-refractivity contribution is -0.137. The highest BCUT2D eigenvalue weighted by atomic mass is 32.1. The quantitative estimate of drug-likeness (QED) is 0.356. The number of amides is 2. The number of thiazole rings is 1. The van der Waals surface area contributed by atoms with Gasteiger partial charge in [0.15, 0.2) is 5.13 Å². The Bertz CT molecular complexity index is 1540. The first-order valence-corrected chi connectivity index (χ1v) is 13.4. The summed E-state index contributed by atoms with van der Waals surface area (Å²) in [5.41, 5.74) is 8.31. The lowest BCUT2D eigenvalue weighted by Gasteiger charge is -2.26. The van der Waals surface area contributed by atoms with E-state index in [0.717, 1.165) is 40.8 Å². The Morgan fingerprint density at radius 1 is 0.900 bits per heavy atom. The third kappa shape index (κ3) is 5.05. The van der Waals surface area contributed by atoms with Gasteiger partial charge in [0, 0.05) is 43.8 Å². The number of halogens is 3. The summed E-state index contributed by atoms with van der Waals surface area (Å²) in [6.07, 6.45) is -2.85. The Morgan fingerprint density at radius 3 is 2.33 bits per heavy atom. The number of urea groups is 1. The van der Waals surface area contributed by atoms with Crippen LogP contribution in [-0.2, 0) is 10.9 Å². The Kier molecular flexibility index (Phi) is 6.76. The molecule has 6 rings (SSSR count). The van der Waals surface area contributed by atoms with Gasteiger partial charge in [-0.15, -0.1) is 0 Å². The Balaban J connectivity index is 1.31. The minimum atomic E-state index is -4.44. The van der Waals surface area contributed by atoms with Gasteiger partial charge in [-0.05, 0) is 48.0 Å². The molecule has 13 heteroatoms. The van der Waals surface area contributed by atoms with E-state index in [4.69, 9.17) is 15.5 Å². The minimum absolute atomic E-state index is 0.143. The Morgan fingerprint density at radius 2 is 1.62 bits per heavy atom. The summed E-state index contributed by atoms with van der Waals surface area (Å²) in [4.78, 5) is 32.8. The first-order valence-electron chi connectivity index (χ1n) is 12.6. The maximum Gasteiger partial charge on any atom is 0.416 e. The molecule has 2 aromatic heterocycles. The second kappa shape index (κ2) is 10.4. The standard InChI is InChI=1S/C27H24F3N7O2S/c28-27(29,30)18-4-6-19(7-5-18)36-10-11-37(26(36)38)20-3-1-2-17(16-20)23-22(21-8-9-32-24(31)33-21)34-25(40-23)35-12-14-39-15-13-35/h1-9,16H,10-15H2,(H2,31,32,33). The van der Waals surface area contributed by atoms with Gasteiger partial charge in [-0.25, -0.2) is 19.7 Å². The Hall–Kier alpha value is -4.23. The molecule has 9 nitrogen and oxygen atoms in total. The van der Waals surface area contributed by atoms with E-state index in [1.54, 1.807) is 17.2 Å². The van der Waals surface area contributed by atoms with Gasteiger partial charge in [-0.3, -0.25) is 9.80 Å². The zero-order valence-electron chi connectivity index (χ0n) is 21.1. The Labute approximate surface area is 231 Å². The van der Waals surface area contributed by atoms with Crippen molar-refractivity contribution in [3.8, 4) is 21.8 Å². The largest absolute Gasteiger partial charge is 0.416 e. The molecular formula is C27H24F3N7O2S. The van der Waals surface area contributed by atoms with E-state index in [2.05, 4.69) is 14.9 Å². The van der Waals surface area contributed by atoms with Crippen molar-refractivity contribution in [2.75, 3.05) is 59.8 Å². The van der Waals surface area contributed by atoms with Crippen molar-refractivity contribution in [2.45, 2.75) is 6.18 Å². The van der Waals surface area contributed by atoms with Crippen LogP contribution in [0.1, 0.15) is 5.56 Å². The maximum atomic E-state index is 13.3. The van der Waals surface area contributed by atoms with Gasteiger partial charge in [-0.1, -0.05) is 23.5 Å². The number of rotatable bonds is 5. The molecule has 0 saturated carbocycles. The van der Waals surface area contributed by atoms with Crippen LogP contribution in [0.2, 0.25) is 0 Å². The summed E-state index contributed by atoms with van der Waals surface area (Å²) in [6.45, 7) is 3.42. The van der Waals surface area contributed by atoms with Gasteiger partial charge in [0.05, 0.1) is 29.3 Å². The van der Waals surface area contributed by atoms with E-state index in [1.165, 1.54) is 28.4 Å². The smallest absolute Gasteiger partial charge is 0.378 e. The van der Waals surface area contributed by atoms with E-state index in [0.29, 0.717) is 49.1 Å². The summed E-state index contributed by atoms with van der Waals surface area (Å²) < 4.78 is 44.4. The molecule has 40 heavy (non-hydrogen) atoms. The summed E-state index contributed by atoms with van der Waals surface area (Å²) in [5, 5.41) is 0.835. The van der Waals surface area contributed by atoms with Crippen LogP contribution in [0.25, 0.3) is 21.8 Å². The number of hydrogen-bond acceptors (Lipinski definition) is 8. The number of carbonyl (C=O) groups is 1. The third-order valence-corrected chi connectivity index (χ3v) is 7.91. The normalized spacial score (nSPS) is 16.2. The van der Waals surface area contributed by atoms with Crippen LogP contribution >= 0.6 is 11.3 Å². The number of nitrogen functional groups attached to an aromatic ring is 1. The fraction of sp³-hybridized carbons (Fsp3) is 0.259. The van der Waals surface area contributed by atoms with Gasteiger partial charge >= 0.3 is 12.2 Å². The zero-order chi connectivity index (χ0) is 27.9. The van der Waals surface area contributed by atoms with Crippen LogP contribution < -0.4 is 20.4 Å². The molecule has 2 fully saturated rings. The molecule has 0 spiro atoms. The van der Waals surface area contributed by atoms with Gasteiger partial charge in [-0.2, -0.15) is 13.2 Å². The lowest BCUT2D eigenvalue weighted by atomic mass is 10.1. The number of anilines is 4. The molecule has 2 N–H and O–H groups in total. The minimum Gasteiger partial charge on any atom is -0.378 e. The number of aromatic nitrogens is 3. The van der Waals surface area contributed by atoms with E-state index in [9.17, 15) is 18.0 Å². The number of hydrogen-bond donors (Lipinski definition) is 1. The second-order valence-electron chi connectivity index (χ2n) is 9.25. The van der Waals surface area contributed by atoms with Crippen molar-refractivity contribution in [3.63, 3.8) is 0 Å². The molecule has 2 saturated heterocycles. The lowest BCUT2D eigenvalue weighted by Crippen LogP contribution is -2.36. The van der Waals surface area contributed by atoms with Crippen LogP contribution in [0.15, 0.2) is 60.8 Å². The molecule has 4 heterocycles. The van der Waals surface area contributed by atoms with Crippen molar-refractivity contribution in [1.82, 2.24) is 15.0 Å². The first kappa shape index (κ1) is 26.0. The maximum absolute atomic E-state index is 13.3. The van der Waals surface area contributed by atoms with Crippen LogP contribution in [0.4, 0.5) is 40.4 Å². The van der Waals surface area contributed by atoms with Gasteiger partial charge in [0.1, 0.15) is 5.69 Å². The molecule has 0 radical (unpaired) electrons. The molecule has 0 unspecified atom stereocenters. The number of benzene rings is 2. The summed E-state index contributed by atoms with van der Waals surface area (Å²) >= 11 is 1.52. The fourth-order valence-corrected chi connectivity index (χ4v) is 5.86. The summed E-state index contributed by atoms with van der Waals surface area (Å²) in [6, 6.07) is 13.6. The summed E-state index contributed by atoms with van der Waals surface area (Å²) in [7, 11) is 0. The average Bonchev–Trinajstić information content (AvgIpc) is 3.58. The van der Waals surface area contributed by atoms with Crippen molar-refractivity contribution < 1.29 is 22.7 Å². The number of carbonyl (C=O) groups excluding carboxylic acids is 1. The van der Waals surface area contributed by atoms with Gasteiger partial charge < -0.3 is 15.4 Å². The molecule has 2 aliphatic rings. The van der Waals surface area contributed by atoms with Crippen molar-refractivity contribution in [1.29, 1.82) is 0 Å². The molecular weight excluding hydrogens is 543 g/mol. The molecule has 2 aromatic carbocycles. The fourth-order valence-electron chi connectivity index (χ4n) is 4.74. The second-order valence-corrected chi connectivity index (χ2v) is 10.2. The SMILES string of the molecule is Nc1nccc(-c2nc(N3CCOCC3)sc2-c2cccc(N3CCN(c4ccc(C(F)(F)F)cc4)C3=O)c2)n1. The van der Waals surface area contributed by atoms with E-state index in [1.807, 2.05) is 24.3 Å². The van der Waals surface area contributed by atoms with Crippen molar-refractivity contribution in [2.24, 2.45) is 0 Å². The van der Waals surface area contributed by atoms with E-state index < -0.39 is 11.7 Å². The molecule has 2 aliphatic heterocycles. The molecule has 2 amide bonds. The zero-order valence-corrected chi connectivity index (χ0v) is 22.0.